The van der Waals surface area contributed by atoms with E-state index in [-0.39, 0.29) is 17.6 Å². The van der Waals surface area contributed by atoms with Crippen LogP contribution in [0.25, 0.3) is 0 Å². The Kier molecular flexibility index (Phi) is 7.07. The van der Waals surface area contributed by atoms with E-state index in [2.05, 4.69) is 5.32 Å². The van der Waals surface area contributed by atoms with Crippen LogP contribution in [-0.2, 0) is 21.2 Å². The molecule has 1 saturated heterocycles. The molecule has 0 unspecified atom stereocenters. The molecule has 0 radical (unpaired) electrons. The Balaban J connectivity index is 1.73. The molecule has 1 aliphatic heterocycles. The highest BCUT2D eigenvalue weighted by atomic mass is 35.5. The summed E-state index contributed by atoms with van der Waals surface area (Å²) in [5.74, 6) is 0.116. The smallest absolute Gasteiger partial charge is 0.223 e. The maximum Gasteiger partial charge on any atom is 0.223 e. The lowest BCUT2D eigenvalue weighted by atomic mass is 9.97. The molecule has 1 amide bonds. The Bertz CT molecular complexity index is 638. The number of rotatable bonds is 7. The second kappa shape index (κ2) is 8.83. The van der Waals surface area contributed by atoms with Crippen molar-refractivity contribution in [3.63, 3.8) is 0 Å². The van der Waals surface area contributed by atoms with Gasteiger partial charge in [-0.1, -0.05) is 30.7 Å². The molecule has 0 aliphatic carbocycles. The van der Waals surface area contributed by atoms with Gasteiger partial charge in [-0.3, -0.25) is 4.79 Å². The Morgan fingerprint density at radius 1 is 1.25 bits per heavy atom. The number of hydrogen-bond donors (Lipinski definition) is 1. The molecule has 24 heavy (non-hydrogen) atoms. The van der Waals surface area contributed by atoms with Crippen LogP contribution in [0.3, 0.4) is 0 Å². The Labute approximate surface area is 149 Å². The lowest BCUT2D eigenvalue weighted by molar-refractivity contribution is -0.126. The van der Waals surface area contributed by atoms with Crippen molar-refractivity contribution in [3.8, 4) is 0 Å². The second-order valence-electron chi connectivity index (χ2n) is 6.16. The molecule has 0 bridgehead atoms. The van der Waals surface area contributed by atoms with E-state index in [0.717, 1.165) is 12.0 Å². The molecule has 0 atom stereocenters. The van der Waals surface area contributed by atoms with Crippen LogP contribution in [-0.4, -0.2) is 44.0 Å². The molecule has 5 nitrogen and oxygen atoms in total. The molecule has 134 valence electrons. The zero-order valence-corrected chi connectivity index (χ0v) is 15.6. The van der Waals surface area contributed by atoms with Crippen LogP contribution in [0.15, 0.2) is 24.3 Å². The van der Waals surface area contributed by atoms with E-state index in [0.29, 0.717) is 43.9 Å². The van der Waals surface area contributed by atoms with Gasteiger partial charge in [0.25, 0.3) is 0 Å². The van der Waals surface area contributed by atoms with E-state index in [1.54, 1.807) is 0 Å². The number of carbonyl (C=O) groups is 1. The number of piperidine rings is 1. The van der Waals surface area contributed by atoms with Crippen LogP contribution < -0.4 is 5.32 Å². The van der Waals surface area contributed by atoms with E-state index in [1.165, 1.54) is 4.31 Å². The lowest BCUT2D eigenvalue weighted by Gasteiger charge is -2.30. The predicted octanol–water partition coefficient (Wildman–Crippen LogP) is 2.45. The highest BCUT2D eigenvalue weighted by molar-refractivity contribution is 7.89. The van der Waals surface area contributed by atoms with Crippen LogP contribution in [0.4, 0.5) is 0 Å². The molecule has 0 aromatic heterocycles. The number of halogens is 1. The van der Waals surface area contributed by atoms with Crippen LogP contribution >= 0.6 is 11.6 Å². The summed E-state index contributed by atoms with van der Waals surface area (Å²) in [6.07, 6.45) is 2.56. The van der Waals surface area contributed by atoms with Crippen molar-refractivity contribution in [1.29, 1.82) is 0 Å². The molecule has 1 aliphatic rings. The van der Waals surface area contributed by atoms with Gasteiger partial charge in [-0.05, 0) is 43.4 Å². The second-order valence-corrected chi connectivity index (χ2v) is 8.68. The van der Waals surface area contributed by atoms with E-state index < -0.39 is 10.0 Å². The zero-order valence-electron chi connectivity index (χ0n) is 14.0. The molecule has 0 saturated carbocycles. The van der Waals surface area contributed by atoms with Gasteiger partial charge in [-0.15, -0.1) is 0 Å². The highest BCUT2D eigenvalue weighted by Gasteiger charge is 2.30. The summed E-state index contributed by atoms with van der Waals surface area (Å²) in [5.41, 5.74) is 1.13. The molecule has 7 heteroatoms. The molecular weight excluding hydrogens is 348 g/mol. The molecule has 1 fully saturated rings. The first kappa shape index (κ1) is 19.2. The van der Waals surface area contributed by atoms with Crippen LogP contribution in [0.5, 0.6) is 0 Å². The highest BCUT2D eigenvalue weighted by Crippen LogP contribution is 2.20. The third-order valence-corrected chi connectivity index (χ3v) is 6.63. The summed E-state index contributed by atoms with van der Waals surface area (Å²) in [4.78, 5) is 12.2. The standard InChI is InChI=1S/C17H25ClN2O3S/c1-2-13-24(22,23)20-11-8-15(9-12-20)17(21)19-10-7-14-3-5-16(18)6-4-14/h3-6,15H,2,7-13H2,1H3,(H,19,21). The van der Waals surface area contributed by atoms with Crippen molar-refractivity contribution in [2.75, 3.05) is 25.4 Å². The van der Waals surface area contributed by atoms with Gasteiger partial charge in [0.15, 0.2) is 0 Å². The number of nitrogens with zero attached hydrogens (tertiary/aromatic N) is 1. The molecule has 1 aromatic rings. The number of hydrogen-bond acceptors (Lipinski definition) is 3. The van der Waals surface area contributed by atoms with Gasteiger partial charge in [0.1, 0.15) is 0 Å². The van der Waals surface area contributed by atoms with Crippen LogP contribution in [0, 0.1) is 5.92 Å². The number of sulfonamides is 1. The van der Waals surface area contributed by atoms with E-state index >= 15 is 0 Å². The number of nitrogens with one attached hydrogen (secondary N) is 1. The summed E-state index contributed by atoms with van der Waals surface area (Å²) in [5, 5.41) is 3.66. The largest absolute Gasteiger partial charge is 0.356 e. The van der Waals surface area contributed by atoms with Gasteiger partial charge < -0.3 is 5.32 Å². The maximum atomic E-state index is 12.2. The van der Waals surface area contributed by atoms with Gasteiger partial charge in [0, 0.05) is 30.6 Å². The average molecular weight is 373 g/mol. The van der Waals surface area contributed by atoms with Gasteiger partial charge in [-0.25, -0.2) is 12.7 Å². The van der Waals surface area contributed by atoms with Gasteiger partial charge in [0.05, 0.1) is 5.75 Å². The summed E-state index contributed by atoms with van der Waals surface area (Å²) in [7, 11) is -3.15. The number of benzene rings is 1. The minimum Gasteiger partial charge on any atom is -0.356 e. The van der Waals surface area contributed by atoms with Gasteiger partial charge in [-0.2, -0.15) is 0 Å². The van der Waals surface area contributed by atoms with E-state index in [1.807, 2.05) is 31.2 Å². The number of amides is 1. The molecule has 0 spiro atoms. The van der Waals surface area contributed by atoms with Crippen LogP contribution in [0.2, 0.25) is 5.02 Å². The van der Waals surface area contributed by atoms with E-state index in [9.17, 15) is 13.2 Å². The fraction of sp³-hybridized carbons (Fsp3) is 0.588. The van der Waals surface area contributed by atoms with Gasteiger partial charge in [0.2, 0.25) is 15.9 Å². The quantitative estimate of drug-likeness (QED) is 0.799. The first-order valence-corrected chi connectivity index (χ1v) is 10.4. The third-order valence-electron chi connectivity index (χ3n) is 4.31. The van der Waals surface area contributed by atoms with Crippen LogP contribution in [0.1, 0.15) is 31.7 Å². The summed E-state index contributed by atoms with van der Waals surface area (Å²) >= 11 is 5.84. The first-order valence-electron chi connectivity index (χ1n) is 8.42. The number of carbonyl (C=O) groups excluding carboxylic acids is 1. The summed E-state index contributed by atoms with van der Waals surface area (Å²) in [6.45, 7) is 3.32. The first-order chi connectivity index (χ1) is 11.4. The zero-order chi connectivity index (χ0) is 17.6. The summed E-state index contributed by atoms with van der Waals surface area (Å²) in [6, 6.07) is 7.58. The van der Waals surface area contributed by atoms with Crippen molar-refractivity contribution >= 4 is 27.5 Å². The minimum atomic E-state index is -3.15. The fourth-order valence-corrected chi connectivity index (χ4v) is 4.58. The molecule has 1 aromatic carbocycles. The Hall–Kier alpha value is -1.11. The molecule has 1 N–H and O–H groups in total. The Morgan fingerprint density at radius 3 is 2.46 bits per heavy atom. The molecule has 2 rings (SSSR count). The van der Waals surface area contributed by atoms with Crippen molar-refractivity contribution < 1.29 is 13.2 Å². The molecule has 1 heterocycles. The van der Waals surface area contributed by atoms with E-state index in [4.69, 9.17) is 11.6 Å². The normalized spacial score (nSPS) is 16.9. The van der Waals surface area contributed by atoms with Crippen molar-refractivity contribution in [2.24, 2.45) is 5.92 Å². The summed E-state index contributed by atoms with van der Waals surface area (Å²) < 4.78 is 25.6. The van der Waals surface area contributed by atoms with Crippen molar-refractivity contribution in [1.82, 2.24) is 9.62 Å². The van der Waals surface area contributed by atoms with Crippen molar-refractivity contribution in [3.05, 3.63) is 34.9 Å². The molecular formula is C17H25ClN2O3S. The van der Waals surface area contributed by atoms with Crippen molar-refractivity contribution in [2.45, 2.75) is 32.6 Å². The SMILES string of the molecule is CCCS(=O)(=O)N1CCC(C(=O)NCCc2ccc(Cl)cc2)CC1. The lowest BCUT2D eigenvalue weighted by Crippen LogP contribution is -2.44. The monoisotopic (exact) mass is 372 g/mol. The topological polar surface area (TPSA) is 66.5 Å². The third kappa shape index (κ3) is 5.46. The maximum absolute atomic E-state index is 12.2. The van der Waals surface area contributed by atoms with Gasteiger partial charge >= 0.3 is 0 Å². The fourth-order valence-electron chi connectivity index (χ4n) is 2.91. The predicted molar refractivity (Wildman–Crippen MR) is 96.5 cm³/mol. The Morgan fingerprint density at radius 2 is 1.88 bits per heavy atom. The average Bonchev–Trinajstić information content (AvgIpc) is 2.56. The minimum absolute atomic E-state index is 0.0245.